The molecule has 17 nitrogen and oxygen atoms in total. The van der Waals surface area contributed by atoms with Crippen LogP contribution in [0.25, 0.3) is 0 Å². The van der Waals surface area contributed by atoms with Crippen molar-refractivity contribution < 1.29 is 59.4 Å². The zero-order valence-corrected chi connectivity index (χ0v) is 26.2. The van der Waals surface area contributed by atoms with Crippen molar-refractivity contribution in [1.29, 1.82) is 0 Å². The summed E-state index contributed by atoms with van der Waals surface area (Å²) in [6.45, 7) is 2.34. The maximum absolute atomic E-state index is 14.0. The van der Waals surface area contributed by atoms with Crippen molar-refractivity contribution in [2.45, 2.75) is 45.0 Å². The zero-order valence-electron chi connectivity index (χ0n) is 25.4. The summed E-state index contributed by atoms with van der Waals surface area (Å²) in [5.74, 6) is -3.22. The van der Waals surface area contributed by atoms with E-state index in [0.29, 0.717) is 29.3 Å². The standard InChI is InChI=1S/C27H30F3N7O10S/c1-14-4-6-18(20(8-14)34-25(41)21(47-48(42,43)44)13-46-37-16(12-38)5-7-23(39)40)33-24-17(27(28,29)30)11-32-26(36-24)35-19-9-22(45-3)31-10-15(19)2/h4,6,8-12,16,21,37H,5,7,13H2,1-3H3,(H,34,41)(H,39,40)(H,42,43,44)(H2,31,32,33,35,36)/t16-,21?/m0/s1. The Morgan fingerprint density at radius 1 is 1.06 bits per heavy atom. The minimum Gasteiger partial charge on any atom is -0.481 e. The van der Waals surface area contributed by atoms with Gasteiger partial charge in [0.15, 0.2) is 6.10 Å². The summed E-state index contributed by atoms with van der Waals surface area (Å²) >= 11 is 0. The lowest BCUT2D eigenvalue weighted by atomic mass is 10.1. The van der Waals surface area contributed by atoms with E-state index in [1.807, 2.05) is 0 Å². The quantitative estimate of drug-likeness (QED) is 0.0673. The molecule has 0 saturated heterocycles. The number of anilines is 5. The molecule has 2 aromatic heterocycles. The summed E-state index contributed by atoms with van der Waals surface area (Å²) in [5.41, 5.74) is 2.07. The highest BCUT2D eigenvalue weighted by Crippen LogP contribution is 2.37. The van der Waals surface area contributed by atoms with Gasteiger partial charge in [-0.25, -0.2) is 14.2 Å². The summed E-state index contributed by atoms with van der Waals surface area (Å²) in [5, 5.41) is 16.4. The first-order valence-corrected chi connectivity index (χ1v) is 15.0. The Labute approximate surface area is 271 Å². The van der Waals surface area contributed by atoms with E-state index < -0.39 is 65.0 Å². The number of aldehydes is 1. The number of carboxylic acids is 1. The molecule has 1 amide bonds. The van der Waals surface area contributed by atoms with Crippen molar-refractivity contribution in [3.05, 3.63) is 53.3 Å². The minimum atomic E-state index is -5.26. The van der Waals surface area contributed by atoms with E-state index in [0.717, 1.165) is 0 Å². The Kier molecular flexibility index (Phi) is 12.7. The summed E-state index contributed by atoms with van der Waals surface area (Å²) in [7, 11) is -3.88. The molecule has 2 heterocycles. The van der Waals surface area contributed by atoms with Crippen LogP contribution in [0.1, 0.15) is 29.5 Å². The molecule has 1 unspecified atom stereocenters. The summed E-state index contributed by atoms with van der Waals surface area (Å²) in [4.78, 5) is 51.8. The second-order valence-corrected chi connectivity index (χ2v) is 10.9. The van der Waals surface area contributed by atoms with Crippen molar-refractivity contribution >= 4 is 57.4 Å². The van der Waals surface area contributed by atoms with E-state index in [4.69, 9.17) is 14.7 Å². The van der Waals surface area contributed by atoms with E-state index in [1.165, 1.54) is 37.6 Å². The lowest BCUT2D eigenvalue weighted by molar-refractivity contribution is -0.138. The number of hydrogen-bond acceptors (Lipinski definition) is 14. The van der Waals surface area contributed by atoms with Crippen LogP contribution in [0.15, 0.2) is 36.7 Å². The highest BCUT2D eigenvalue weighted by molar-refractivity contribution is 7.80. The van der Waals surface area contributed by atoms with Crippen LogP contribution >= 0.6 is 0 Å². The van der Waals surface area contributed by atoms with Crippen molar-refractivity contribution in [2.24, 2.45) is 0 Å². The molecule has 0 aliphatic heterocycles. The minimum absolute atomic E-state index is 0.134. The number of methoxy groups -OCH3 is 1. The first kappa shape index (κ1) is 37.5. The smallest absolute Gasteiger partial charge is 0.421 e. The zero-order chi connectivity index (χ0) is 35.6. The Morgan fingerprint density at radius 3 is 2.42 bits per heavy atom. The third-order valence-electron chi connectivity index (χ3n) is 6.15. The number of halogens is 3. The fraction of sp³-hybridized carbons (Fsp3) is 0.333. The monoisotopic (exact) mass is 701 g/mol. The number of carbonyl (C=O) groups excluding carboxylic acids is 2. The molecular formula is C27H30F3N7O10S. The van der Waals surface area contributed by atoms with Gasteiger partial charge in [-0.3, -0.25) is 19.0 Å². The molecule has 3 rings (SSSR count). The highest BCUT2D eigenvalue weighted by atomic mass is 32.3. The number of alkyl halides is 3. The second kappa shape index (κ2) is 16.2. The molecule has 3 aromatic rings. The lowest BCUT2D eigenvalue weighted by Crippen LogP contribution is -2.40. The molecule has 2 atom stereocenters. The van der Waals surface area contributed by atoms with Gasteiger partial charge in [0.2, 0.25) is 11.8 Å². The predicted molar refractivity (Wildman–Crippen MR) is 161 cm³/mol. The number of pyridine rings is 1. The van der Waals surface area contributed by atoms with Crippen molar-refractivity contribution in [2.75, 3.05) is 29.7 Å². The number of nitrogens with zero attached hydrogens (tertiary/aromatic N) is 3. The van der Waals surface area contributed by atoms with Gasteiger partial charge in [0, 0.05) is 24.9 Å². The van der Waals surface area contributed by atoms with Gasteiger partial charge in [-0.15, -0.1) is 0 Å². The molecule has 21 heteroatoms. The fourth-order valence-electron chi connectivity index (χ4n) is 3.79. The first-order valence-electron chi connectivity index (χ1n) is 13.6. The Balaban J connectivity index is 1.90. The van der Waals surface area contributed by atoms with Gasteiger partial charge in [-0.1, -0.05) is 6.07 Å². The number of amides is 1. The maximum atomic E-state index is 14.0. The number of nitrogens with one attached hydrogen (secondary N) is 4. The summed E-state index contributed by atoms with van der Waals surface area (Å²) < 4.78 is 83.6. The van der Waals surface area contributed by atoms with Crippen LogP contribution in [0.3, 0.4) is 0 Å². The molecule has 0 spiro atoms. The molecule has 6 N–H and O–H groups in total. The number of carbonyl (C=O) groups is 3. The average Bonchev–Trinajstić information content (AvgIpc) is 2.99. The van der Waals surface area contributed by atoms with Gasteiger partial charge in [-0.2, -0.15) is 32.1 Å². The van der Waals surface area contributed by atoms with E-state index in [2.05, 4.69) is 40.6 Å². The molecule has 0 bridgehead atoms. The molecule has 0 fully saturated rings. The normalized spacial score (nSPS) is 12.9. The predicted octanol–water partition coefficient (Wildman–Crippen LogP) is 3.08. The van der Waals surface area contributed by atoms with Gasteiger partial charge >= 0.3 is 22.5 Å². The topological polar surface area (TPSA) is 240 Å². The van der Waals surface area contributed by atoms with E-state index in [1.54, 1.807) is 13.8 Å². The number of ether oxygens (including phenoxy) is 1. The molecule has 1 aromatic carbocycles. The number of aryl methyl sites for hydroxylation is 2. The number of aliphatic carboxylic acids is 1. The SMILES string of the molecule is COc1cc(Nc2ncc(C(F)(F)F)c(Nc3ccc(C)cc3NC(=O)C(CON[C@H](C=O)CCC(=O)O)OS(=O)(=O)O)n2)c(C)cn1. The molecule has 48 heavy (non-hydrogen) atoms. The van der Waals surface area contributed by atoms with Gasteiger partial charge in [-0.05, 0) is 43.5 Å². The van der Waals surface area contributed by atoms with Crippen molar-refractivity contribution in [3.63, 3.8) is 0 Å². The van der Waals surface area contributed by atoms with Crippen LogP contribution in [-0.2, 0) is 40.0 Å². The number of hydrogen-bond donors (Lipinski definition) is 6. The number of hydroxylamine groups is 1. The lowest BCUT2D eigenvalue weighted by Gasteiger charge is -2.20. The van der Waals surface area contributed by atoms with Gasteiger partial charge in [0.1, 0.15) is 24.3 Å². The maximum Gasteiger partial charge on any atom is 0.421 e. The largest absolute Gasteiger partial charge is 0.481 e. The molecule has 0 saturated carbocycles. The van der Waals surface area contributed by atoms with Crippen molar-refractivity contribution in [3.8, 4) is 5.88 Å². The van der Waals surface area contributed by atoms with Crippen molar-refractivity contribution in [1.82, 2.24) is 20.4 Å². The molecular weight excluding hydrogens is 671 g/mol. The summed E-state index contributed by atoms with van der Waals surface area (Å²) in [6.07, 6.45) is -5.35. The first-order chi connectivity index (χ1) is 22.5. The molecule has 260 valence electrons. The molecule has 0 radical (unpaired) electrons. The van der Waals surface area contributed by atoms with Gasteiger partial charge in [0.05, 0.1) is 30.2 Å². The highest BCUT2D eigenvalue weighted by Gasteiger charge is 2.36. The van der Waals surface area contributed by atoms with Gasteiger partial charge in [0.25, 0.3) is 5.91 Å². The fourth-order valence-corrected chi connectivity index (χ4v) is 4.22. The number of aromatic nitrogens is 3. The number of benzene rings is 1. The van der Waals surface area contributed by atoms with Crippen LogP contribution in [0.2, 0.25) is 0 Å². The van der Waals surface area contributed by atoms with Crippen LogP contribution in [0.5, 0.6) is 5.88 Å². The Bertz CT molecular complexity index is 1750. The van der Waals surface area contributed by atoms with Crippen LogP contribution in [0.4, 0.5) is 42.0 Å². The Hall–Kier alpha value is -4.96. The average molecular weight is 702 g/mol. The Morgan fingerprint density at radius 2 is 1.79 bits per heavy atom. The second-order valence-electron chi connectivity index (χ2n) is 9.90. The van der Waals surface area contributed by atoms with Crippen LogP contribution < -0.4 is 26.2 Å². The van der Waals surface area contributed by atoms with E-state index in [-0.39, 0.29) is 29.6 Å². The molecule has 0 aliphatic rings. The summed E-state index contributed by atoms with van der Waals surface area (Å²) in [6, 6.07) is 4.46. The third kappa shape index (κ3) is 11.4. The number of rotatable bonds is 17. The number of carboxylic acid groups (broad SMARTS) is 1. The van der Waals surface area contributed by atoms with Crippen LogP contribution in [0, 0.1) is 13.8 Å². The van der Waals surface area contributed by atoms with Crippen LogP contribution in [-0.4, -0.2) is 77.1 Å². The third-order valence-corrected chi connectivity index (χ3v) is 6.62. The van der Waals surface area contributed by atoms with E-state index in [9.17, 15) is 40.5 Å². The van der Waals surface area contributed by atoms with Gasteiger partial charge < -0.3 is 30.6 Å². The molecule has 0 aliphatic carbocycles. The van der Waals surface area contributed by atoms with E-state index >= 15 is 0 Å².